The van der Waals surface area contributed by atoms with Gasteiger partial charge in [-0.25, -0.2) is 0 Å². The molecule has 1 heterocycles. The minimum absolute atomic E-state index is 0.0321. The van der Waals surface area contributed by atoms with Gasteiger partial charge in [0.25, 0.3) is 5.91 Å². The highest BCUT2D eigenvalue weighted by molar-refractivity contribution is 6.32. The van der Waals surface area contributed by atoms with E-state index in [1.54, 1.807) is 0 Å². The molecule has 1 rings (SSSR count). The largest absolute Gasteiger partial charge is 0.452 e. The average Bonchev–Trinajstić information content (AvgIpc) is 2.60. The number of aliphatic hydroxyl groups is 1. The fourth-order valence-corrected chi connectivity index (χ4v) is 1.08. The second kappa shape index (κ2) is 5.02. The number of carbonyl (C=O) groups excluding carboxylic acids is 1. The van der Waals surface area contributed by atoms with Crippen molar-refractivity contribution < 1.29 is 14.3 Å². The molecule has 0 aliphatic carbocycles. The predicted molar refractivity (Wildman–Crippen MR) is 52.3 cm³/mol. The minimum atomic E-state index is -0.288. The van der Waals surface area contributed by atoms with E-state index in [0.29, 0.717) is 12.1 Å². The molecular weight excluding hydrogens is 206 g/mol. The first kappa shape index (κ1) is 11.1. The zero-order valence-electron chi connectivity index (χ0n) is 7.79. The lowest BCUT2D eigenvalue weighted by Crippen LogP contribution is -2.29. The van der Waals surface area contributed by atoms with Gasteiger partial charge in [0.05, 0.1) is 11.8 Å². The van der Waals surface area contributed by atoms with Crippen LogP contribution >= 0.6 is 11.6 Å². The van der Waals surface area contributed by atoms with Crippen LogP contribution in [-0.2, 0) is 0 Å². The summed E-state index contributed by atoms with van der Waals surface area (Å²) in [5.74, 6) is -0.256. The van der Waals surface area contributed by atoms with Crippen molar-refractivity contribution in [3.8, 4) is 0 Å². The molecule has 0 spiro atoms. The third-order valence-corrected chi connectivity index (χ3v) is 2.08. The van der Waals surface area contributed by atoms with Crippen LogP contribution < -0.4 is 5.32 Å². The second-order valence-electron chi connectivity index (χ2n) is 3.11. The number of hydrogen-bond acceptors (Lipinski definition) is 3. The summed E-state index contributed by atoms with van der Waals surface area (Å²) in [6.45, 7) is 2.29. The first-order chi connectivity index (χ1) is 6.65. The second-order valence-corrected chi connectivity index (χ2v) is 3.45. The van der Waals surface area contributed by atoms with Gasteiger partial charge < -0.3 is 14.8 Å². The average molecular weight is 218 g/mol. The van der Waals surface area contributed by atoms with E-state index in [0.717, 1.165) is 0 Å². The van der Waals surface area contributed by atoms with Gasteiger partial charge >= 0.3 is 0 Å². The van der Waals surface area contributed by atoms with Gasteiger partial charge in [-0.15, -0.1) is 0 Å². The summed E-state index contributed by atoms with van der Waals surface area (Å²) in [7, 11) is 0. The summed E-state index contributed by atoms with van der Waals surface area (Å²) in [6, 6.07) is 1.50. The van der Waals surface area contributed by atoms with Crippen molar-refractivity contribution in [2.75, 3.05) is 13.2 Å². The third-order valence-electron chi connectivity index (χ3n) is 1.79. The van der Waals surface area contributed by atoms with Gasteiger partial charge in [0, 0.05) is 13.2 Å². The predicted octanol–water partition coefficient (Wildman–Crippen LogP) is 1.29. The molecule has 0 bridgehead atoms. The van der Waals surface area contributed by atoms with Crippen LogP contribution in [0.2, 0.25) is 5.22 Å². The molecule has 0 fully saturated rings. The Hall–Kier alpha value is -1.00. The Bertz CT molecular complexity index is 311. The van der Waals surface area contributed by atoms with Crippen LogP contribution in [0.5, 0.6) is 0 Å². The Morgan fingerprint density at radius 2 is 2.50 bits per heavy atom. The molecule has 0 aliphatic heterocycles. The van der Waals surface area contributed by atoms with Gasteiger partial charge in [-0.05, 0) is 23.6 Å². The molecule has 4 nitrogen and oxygen atoms in total. The highest BCUT2D eigenvalue weighted by atomic mass is 35.5. The van der Waals surface area contributed by atoms with E-state index < -0.39 is 0 Å². The SMILES string of the molecule is CC(CO)CNC(=O)c1ccoc1Cl. The number of halogens is 1. The number of nitrogens with one attached hydrogen (secondary N) is 1. The number of aliphatic hydroxyl groups excluding tert-OH is 1. The quantitative estimate of drug-likeness (QED) is 0.799. The van der Waals surface area contributed by atoms with Crippen LogP contribution in [0.25, 0.3) is 0 Å². The van der Waals surface area contributed by atoms with Crippen LogP contribution in [0.4, 0.5) is 0 Å². The van der Waals surface area contributed by atoms with Crippen molar-refractivity contribution in [1.29, 1.82) is 0 Å². The van der Waals surface area contributed by atoms with E-state index >= 15 is 0 Å². The van der Waals surface area contributed by atoms with E-state index in [1.807, 2.05) is 6.92 Å². The van der Waals surface area contributed by atoms with Crippen LogP contribution in [0.3, 0.4) is 0 Å². The fourth-order valence-electron chi connectivity index (χ4n) is 0.882. The van der Waals surface area contributed by atoms with Crippen molar-refractivity contribution in [2.45, 2.75) is 6.92 Å². The Morgan fingerprint density at radius 3 is 3.00 bits per heavy atom. The van der Waals surface area contributed by atoms with Gasteiger partial charge in [0.15, 0.2) is 0 Å². The molecule has 0 saturated heterocycles. The maximum Gasteiger partial charge on any atom is 0.256 e. The van der Waals surface area contributed by atoms with Crippen molar-refractivity contribution in [1.82, 2.24) is 5.32 Å². The van der Waals surface area contributed by atoms with E-state index in [9.17, 15) is 4.79 Å². The molecule has 0 aliphatic rings. The van der Waals surface area contributed by atoms with Gasteiger partial charge in [-0.2, -0.15) is 0 Å². The number of amides is 1. The molecular formula is C9H12ClNO3. The Morgan fingerprint density at radius 1 is 1.79 bits per heavy atom. The number of furan rings is 1. The maximum atomic E-state index is 11.4. The van der Waals surface area contributed by atoms with E-state index in [4.69, 9.17) is 21.1 Å². The highest BCUT2D eigenvalue weighted by Gasteiger charge is 2.13. The van der Waals surface area contributed by atoms with Crippen LogP contribution in [0.1, 0.15) is 17.3 Å². The standard InChI is InChI=1S/C9H12ClNO3/c1-6(5-12)4-11-9(13)7-2-3-14-8(7)10/h2-3,6,12H,4-5H2,1H3,(H,11,13). The lowest BCUT2D eigenvalue weighted by molar-refractivity contribution is 0.0942. The maximum absolute atomic E-state index is 11.4. The van der Waals surface area contributed by atoms with E-state index in [2.05, 4.69) is 5.32 Å². The fraction of sp³-hybridized carbons (Fsp3) is 0.444. The first-order valence-corrected chi connectivity index (χ1v) is 4.65. The number of hydrogen-bond donors (Lipinski definition) is 2. The summed E-state index contributed by atoms with van der Waals surface area (Å²) >= 11 is 5.61. The molecule has 78 valence electrons. The lowest BCUT2D eigenvalue weighted by atomic mass is 10.2. The van der Waals surface area contributed by atoms with Gasteiger partial charge in [-0.3, -0.25) is 4.79 Å². The molecule has 1 aromatic heterocycles. The molecule has 1 aromatic rings. The van der Waals surface area contributed by atoms with Crippen molar-refractivity contribution >= 4 is 17.5 Å². The molecule has 5 heteroatoms. The van der Waals surface area contributed by atoms with Gasteiger partial charge in [0.2, 0.25) is 5.22 Å². The molecule has 14 heavy (non-hydrogen) atoms. The highest BCUT2D eigenvalue weighted by Crippen LogP contribution is 2.16. The minimum Gasteiger partial charge on any atom is -0.452 e. The number of rotatable bonds is 4. The van der Waals surface area contributed by atoms with Crippen LogP contribution in [-0.4, -0.2) is 24.2 Å². The summed E-state index contributed by atoms with van der Waals surface area (Å²) in [4.78, 5) is 11.4. The summed E-state index contributed by atoms with van der Waals surface area (Å²) < 4.78 is 4.77. The summed E-state index contributed by atoms with van der Waals surface area (Å²) in [5, 5.41) is 11.5. The number of carbonyl (C=O) groups is 1. The molecule has 2 N–H and O–H groups in total. The lowest BCUT2D eigenvalue weighted by Gasteiger charge is -2.08. The Labute approximate surface area is 86.9 Å². The van der Waals surface area contributed by atoms with Crippen molar-refractivity contribution in [3.05, 3.63) is 23.1 Å². The monoisotopic (exact) mass is 217 g/mol. The normalized spacial score (nSPS) is 12.5. The molecule has 1 amide bonds. The van der Waals surface area contributed by atoms with E-state index in [1.165, 1.54) is 12.3 Å². The summed E-state index contributed by atoms with van der Waals surface area (Å²) in [6.07, 6.45) is 1.35. The van der Waals surface area contributed by atoms with Crippen molar-refractivity contribution in [3.63, 3.8) is 0 Å². The molecule has 0 aromatic carbocycles. The Balaban J connectivity index is 2.47. The molecule has 0 saturated carbocycles. The van der Waals surface area contributed by atoms with Crippen molar-refractivity contribution in [2.24, 2.45) is 5.92 Å². The van der Waals surface area contributed by atoms with Crippen LogP contribution in [0, 0.1) is 5.92 Å². The molecule has 1 atom stereocenters. The first-order valence-electron chi connectivity index (χ1n) is 4.27. The summed E-state index contributed by atoms with van der Waals surface area (Å²) in [5.41, 5.74) is 0.316. The third kappa shape index (κ3) is 2.75. The zero-order chi connectivity index (χ0) is 10.6. The smallest absolute Gasteiger partial charge is 0.256 e. The van der Waals surface area contributed by atoms with Crippen LogP contribution in [0.15, 0.2) is 16.7 Å². The Kier molecular flexibility index (Phi) is 3.98. The topological polar surface area (TPSA) is 62.5 Å². The van der Waals surface area contributed by atoms with Gasteiger partial charge in [0.1, 0.15) is 0 Å². The van der Waals surface area contributed by atoms with Gasteiger partial charge in [-0.1, -0.05) is 6.92 Å². The van der Waals surface area contributed by atoms with E-state index in [-0.39, 0.29) is 23.7 Å². The molecule has 1 unspecified atom stereocenters. The zero-order valence-corrected chi connectivity index (χ0v) is 8.54. The molecule has 0 radical (unpaired) electrons.